The summed E-state index contributed by atoms with van der Waals surface area (Å²) >= 11 is 0. The number of ether oxygens (including phenoxy) is 1. The van der Waals surface area contributed by atoms with Crippen LogP contribution in [-0.2, 0) is 11.2 Å². The number of H-pyrrole nitrogens is 1. The quantitative estimate of drug-likeness (QED) is 0.495. The molecule has 146 valence electrons. The normalized spacial score (nSPS) is 11.9. The van der Waals surface area contributed by atoms with Crippen molar-refractivity contribution in [2.24, 2.45) is 0 Å². The van der Waals surface area contributed by atoms with Crippen molar-refractivity contribution in [1.82, 2.24) is 15.3 Å². The van der Waals surface area contributed by atoms with Crippen molar-refractivity contribution in [2.75, 3.05) is 7.11 Å². The standard InChI is InChI=1S/C24H23N3O2/c1-29-19-14-11-17(12-15-19)13-16-22(28)27-23(18-7-3-2-4-8-18)24-25-20-9-5-6-10-21(20)26-24/h2-12,14-15,23H,13,16H2,1H3,(H,25,26)(H,27,28). The Bertz CT molecular complexity index is 1060. The number of imidazole rings is 1. The molecule has 0 spiro atoms. The molecule has 0 aliphatic carbocycles. The van der Waals surface area contributed by atoms with E-state index in [2.05, 4.69) is 10.3 Å². The number of benzene rings is 3. The summed E-state index contributed by atoms with van der Waals surface area (Å²) in [6, 6.07) is 25.2. The Morgan fingerprint density at radius 1 is 1.00 bits per heavy atom. The topological polar surface area (TPSA) is 67.0 Å². The third-order valence-corrected chi connectivity index (χ3v) is 4.92. The Kier molecular flexibility index (Phi) is 5.56. The van der Waals surface area contributed by atoms with Crippen molar-refractivity contribution in [3.8, 4) is 5.75 Å². The highest BCUT2D eigenvalue weighted by atomic mass is 16.5. The molecule has 0 saturated carbocycles. The van der Waals surface area contributed by atoms with Gasteiger partial charge in [-0.2, -0.15) is 0 Å². The molecule has 0 saturated heterocycles. The zero-order valence-electron chi connectivity index (χ0n) is 16.3. The summed E-state index contributed by atoms with van der Waals surface area (Å²) in [5.74, 6) is 1.53. The molecule has 0 aliphatic heterocycles. The maximum atomic E-state index is 12.7. The SMILES string of the molecule is COc1ccc(CCC(=O)NC(c2ccccc2)c2nc3ccccc3[nH]2)cc1. The third-order valence-electron chi connectivity index (χ3n) is 4.92. The van der Waals surface area contributed by atoms with Crippen LogP contribution in [0.5, 0.6) is 5.75 Å². The summed E-state index contributed by atoms with van der Waals surface area (Å²) < 4.78 is 5.18. The molecule has 4 aromatic rings. The first kappa shape index (κ1) is 18.7. The van der Waals surface area contributed by atoms with Crippen LogP contribution in [-0.4, -0.2) is 23.0 Å². The van der Waals surface area contributed by atoms with Crippen LogP contribution in [0.25, 0.3) is 11.0 Å². The third kappa shape index (κ3) is 4.46. The first-order chi connectivity index (χ1) is 14.2. The number of aromatic amines is 1. The average Bonchev–Trinajstić information content (AvgIpc) is 3.21. The molecule has 29 heavy (non-hydrogen) atoms. The molecule has 0 bridgehead atoms. The fraction of sp³-hybridized carbons (Fsp3) is 0.167. The van der Waals surface area contributed by atoms with Gasteiger partial charge in [-0.15, -0.1) is 0 Å². The van der Waals surface area contributed by atoms with E-state index in [0.717, 1.165) is 33.7 Å². The zero-order chi connectivity index (χ0) is 20.1. The molecule has 5 nitrogen and oxygen atoms in total. The smallest absolute Gasteiger partial charge is 0.221 e. The summed E-state index contributed by atoms with van der Waals surface area (Å²) in [6.07, 6.45) is 1.06. The van der Waals surface area contributed by atoms with Gasteiger partial charge in [-0.3, -0.25) is 4.79 Å². The van der Waals surface area contributed by atoms with E-state index in [1.54, 1.807) is 7.11 Å². The van der Waals surface area contributed by atoms with Gasteiger partial charge in [-0.05, 0) is 41.8 Å². The molecular formula is C24H23N3O2. The van der Waals surface area contributed by atoms with Crippen LogP contribution in [0.15, 0.2) is 78.9 Å². The Morgan fingerprint density at radius 3 is 2.45 bits per heavy atom. The molecule has 0 fully saturated rings. The molecule has 1 aromatic heterocycles. The number of para-hydroxylation sites is 2. The predicted octanol–water partition coefficient (Wildman–Crippen LogP) is 4.41. The number of hydrogen-bond donors (Lipinski definition) is 2. The molecule has 0 radical (unpaired) electrons. The number of methoxy groups -OCH3 is 1. The van der Waals surface area contributed by atoms with E-state index in [1.807, 2.05) is 78.9 Å². The van der Waals surface area contributed by atoms with Gasteiger partial charge in [-0.25, -0.2) is 4.98 Å². The van der Waals surface area contributed by atoms with Gasteiger partial charge >= 0.3 is 0 Å². The Morgan fingerprint density at radius 2 is 1.72 bits per heavy atom. The molecule has 4 rings (SSSR count). The van der Waals surface area contributed by atoms with Crippen LogP contribution in [0.1, 0.15) is 29.4 Å². The van der Waals surface area contributed by atoms with Gasteiger partial charge in [0.2, 0.25) is 5.91 Å². The van der Waals surface area contributed by atoms with E-state index >= 15 is 0 Å². The molecule has 2 N–H and O–H groups in total. The predicted molar refractivity (Wildman–Crippen MR) is 114 cm³/mol. The number of carbonyl (C=O) groups is 1. The lowest BCUT2D eigenvalue weighted by Gasteiger charge is -2.17. The Labute approximate surface area is 169 Å². The largest absolute Gasteiger partial charge is 0.497 e. The van der Waals surface area contributed by atoms with E-state index in [4.69, 9.17) is 9.72 Å². The summed E-state index contributed by atoms with van der Waals surface area (Å²) in [4.78, 5) is 20.8. The lowest BCUT2D eigenvalue weighted by atomic mass is 10.1. The van der Waals surface area contributed by atoms with E-state index in [0.29, 0.717) is 12.8 Å². The molecule has 1 amide bonds. The van der Waals surface area contributed by atoms with Gasteiger partial charge in [0.15, 0.2) is 0 Å². The van der Waals surface area contributed by atoms with Gasteiger partial charge < -0.3 is 15.0 Å². The highest BCUT2D eigenvalue weighted by Gasteiger charge is 2.20. The summed E-state index contributed by atoms with van der Waals surface area (Å²) in [7, 11) is 1.64. The number of amides is 1. The number of aromatic nitrogens is 2. The van der Waals surface area contributed by atoms with Crippen LogP contribution >= 0.6 is 0 Å². The van der Waals surface area contributed by atoms with Crippen molar-refractivity contribution >= 4 is 16.9 Å². The van der Waals surface area contributed by atoms with E-state index in [1.165, 1.54) is 0 Å². The molecule has 5 heteroatoms. The van der Waals surface area contributed by atoms with Crippen LogP contribution in [0.3, 0.4) is 0 Å². The number of carbonyl (C=O) groups excluding carboxylic acids is 1. The molecular weight excluding hydrogens is 362 g/mol. The fourth-order valence-electron chi connectivity index (χ4n) is 3.35. The molecule has 0 aliphatic rings. The van der Waals surface area contributed by atoms with Crippen molar-refractivity contribution in [1.29, 1.82) is 0 Å². The minimum Gasteiger partial charge on any atom is -0.497 e. The number of hydrogen-bond acceptors (Lipinski definition) is 3. The van der Waals surface area contributed by atoms with Gasteiger partial charge in [0.1, 0.15) is 17.6 Å². The summed E-state index contributed by atoms with van der Waals surface area (Å²) in [5.41, 5.74) is 3.93. The molecule has 1 heterocycles. The van der Waals surface area contributed by atoms with Crippen molar-refractivity contribution in [2.45, 2.75) is 18.9 Å². The Balaban J connectivity index is 1.51. The highest BCUT2D eigenvalue weighted by molar-refractivity contribution is 5.78. The monoisotopic (exact) mass is 385 g/mol. The number of nitrogens with zero attached hydrogens (tertiary/aromatic N) is 1. The zero-order valence-corrected chi connectivity index (χ0v) is 16.3. The molecule has 1 atom stereocenters. The van der Waals surface area contributed by atoms with Gasteiger partial charge in [0, 0.05) is 6.42 Å². The van der Waals surface area contributed by atoms with Gasteiger partial charge in [-0.1, -0.05) is 54.6 Å². The average molecular weight is 385 g/mol. The maximum absolute atomic E-state index is 12.7. The minimum absolute atomic E-state index is 0.0184. The number of nitrogens with one attached hydrogen (secondary N) is 2. The van der Waals surface area contributed by atoms with Gasteiger partial charge in [0.05, 0.1) is 18.1 Å². The number of rotatable bonds is 7. The van der Waals surface area contributed by atoms with Crippen LogP contribution in [0.2, 0.25) is 0 Å². The first-order valence-electron chi connectivity index (χ1n) is 9.65. The van der Waals surface area contributed by atoms with Gasteiger partial charge in [0.25, 0.3) is 0 Å². The lowest BCUT2D eigenvalue weighted by Crippen LogP contribution is -2.30. The van der Waals surface area contributed by atoms with Crippen LogP contribution in [0.4, 0.5) is 0 Å². The summed E-state index contributed by atoms with van der Waals surface area (Å²) in [5, 5.41) is 3.15. The number of fused-ring (bicyclic) bond motifs is 1. The summed E-state index contributed by atoms with van der Waals surface area (Å²) in [6.45, 7) is 0. The van der Waals surface area contributed by atoms with Crippen molar-refractivity contribution in [3.63, 3.8) is 0 Å². The second-order valence-electron chi connectivity index (χ2n) is 6.90. The fourth-order valence-corrected chi connectivity index (χ4v) is 3.35. The number of aryl methyl sites for hydroxylation is 1. The second kappa shape index (κ2) is 8.61. The van der Waals surface area contributed by atoms with E-state index < -0.39 is 0 Å². The van der Waals surface area contributed by atoms with E-state index in [9.17, 15) is 4.79 Å². The van der Waals surface area contributed by atoms with E-state index in [-0.39, 0.29) is 11.9 Å². The van der Waals surface area contributed by atoms with Crippen LogP contribution < -0.4 is 10.1 Å². The first-order valence-corrected chi connectivity index (χ1v) is 9.65. The molecule has 1 unspecified atom stereocenters. The van der Waals surface area contributed by atoms with Crippen molar-refractivity contribution in [3.05, 3.63) is 95.8 Å². The minimum atomic E-state index is -0.327. The van der Waals surface area contributed by atoms with Crippen molar-refractivity contribution < 1.29 is 9.53 Å². The lowest BCUT2D eigenvalue weighted by molar-refractivity contribution is -0.121. The molecule has 3 aromatic carbocycles. The highest BCUT2D eigenvalue weighted by Crippen LogP contribution is 2.23. The van der Waals surface area contributed by atoms with Crippen LogP contribution in [0, 0.1) is 0 Å². The second-order valence-corrected chi connectivity index (χ2v) is 6.90. The Hall–Kier alpha value is -3.60. The maximum Gasteiger partial charge on any atom is 0.221 e.